The van der Waals surface area contributed by atoms with Crippen LogP contribution in [0.2, 0.25) is 0 Å². The molecule has 0 spiro atoms. The highest BCUT2D eigenvalue weighted by Crippen LogP contribution is 2.35. The molecule has 10 heteroatoms. The van der Waals surface area contributed by atoms with Gasteiger partial charge in [0, 0.05) is 31.3 Å². The van der Waals surface area contributed by atoms with Crippen LogP contribution in [0.3, 0.4) is 0 Å². The van der Waals surface area contributed by atoms with Gasteiger partial charge in [0.15, 0.2) is 16.7 Å². The van der Waals surface area contributed by atoms with E-state index in [1.165, 1.54) is 16.7 Å². The fourth-order valence-corrected chi connectivity index (χ4v) is 5.47. The van der Waals surface area contributed by atoms with Gasteiger partial charge in [-0.05, 0) is 66.7 Å². The van der Waals surface area contributed by atoms with Crippen molar-refractivity contribution in [2.45, 2.75) is 13.5 Å². The first-order valence-corrected chi connectivity index (χ1v) is 14.4. The van der Waals surface area contributed by atoms with E-state index in [0.717, 1.165) is 11.1 Å². The maximum Gasteiger partial charge on any atom is 0.266 e. The van der Waals surface area contributed by atoms with Crippen LogP contribution in [-0.4, -0.2) is 66.7 Å². The Morgan fingerprint density at radius 2 is 1.88 bits per heavy atom. The van der Waals surface area contributed by atoms with Crippen LogP contribution in [0.25, 0.3) is 6.08 Å². The quantitative estimate of drug-likeness (QED) is 0.335. The lowest BCUT2D eigenvalue weighted by Gasteiger charge is -2.26. The number of aliphatic imine (C=N–C) groups is 1. The molecule has 0 atom stereocenters. The molecular formula is C32H30N4O5S. The van der Waals surface area contributed by atoms with Crippen LogP contribution in [0.15, 0.2) is 76.6 Å². The summed E-state index contributed by atoms with van der Waals surface area (Å²) in [4.78, 5) is 34.5. The standard InChI is InChI=1S/C32H30N4O5S/c1-3-40-28-17-22(11-12-27(28)41-21-25-8-5-4-7-24(25)20-33)18-29-31(38)35(2)32(42-29)34-26-10-6-9-23(19-26)30(37)36-13-15-39-16-14-36/h4-12,17-19H,3,13-16,21H2,1-2H3/b29-18+,34-32?. The molecule has 0 bridgehead atoms. The van der Waals surface area contributed by atoms with Gasteiger partial charge in [0.05, 0.1) is 42.0 Å². The van der Waals surface area contributed by atoms with E-state index in [4.69, 9.17) is 14.2 Å². The van der Waals surface area contributed by atoms with Crippen LogP contribution >= 0.6 is 11.8 Å². The van der Waals surface area contributed by atoms with Crippen molar-refractivity contribution in [3.05, 3.63) is 93.9 Å². The molecule has 5 rings (SSSR count). The highest BCUT2D eigenvalue weighted by atomic mass is 32.2. The summed E-state index contributed by atoms with van der Waals surface area (Å²) < 4.78 is 17.2. The molecule has 42 heavy (non-hydrogen) atoms. The third-order valence-corrected chi connectivity index (χ3v) is 7.77. The average Bonchev–Trinajstić information content (AvgIpc) is 3.28. The first-order chi connectivity index (χ1) is 20.5. The molecule has 2 amide bonds. The fourth-order valence-electron chi connectivity index (χ4n) is 4.48. The minimum atomic E-state index is -0.175. The molecule has 3 aromatic rings. The van der Waals surface area contributed by atoms with E-state index in [-0.39, 0.29) is 18.4 Å². The number of hydrogen-bond acceptors (Lipinski definition) is 8. The largest absolute Gasteiger partial charge is 0.490 e. The second-order valence-electron chi connectivity index (χ2n) is 9.52. The molecular weight excluding hydrogens is 552 g/mol. The maximum atomic E-state index is 13.1. The number of thioether (sulfide) groups is 1. The molecule has 214 valence electrons. The van der Waals surface area contributed by atoms with Gasteiger partial charge >= 0.3 is 0 Å². The summed E-state index contributed by atoms with van der Waals surface area (Å²) in [6.45, 7) is 4.74. The number of likely N-dealkylation sites (N-methyl/N-ethyl adjacent to an activating group) is 1. The van der Waals surface area contributed by atoms with Gasteiger partial charge in [-0.3, -0.25) is 14.5 Å². The van der Waals surface area contributed by atoms with Crippen molar-refractivity contribution in [3.8, 4) is 17.6 Å². The minimum Gasteiger partial charge on any atom is -0.490 e. The average molecular weight is 583 g/mol. The Balaban J connectivity index is 1.33. The summed E-state index contributed by atoms with van der Waals surface area (Å²) in [7, 11) is 1.68. The van der Waals surface area contributed by atoms with Crippen LogP contribution in [0.4, 0.5) is 5.69 Å². The van der Waals surface area contributed by atoms with E-state index < -0.39 is 0 Å². The Hall–Kier alpha value is -4.59. The molecule has 0 radical (unpaired) electrons. The molecule has 2 aliphatic rings. The van der Waals surface area contributed by atoms with Gasteiger partial charge in [0.1, 0.15) is 6.61 Å². The molecule has 0 saturated carbocycles. The topological polar surface area (TPSA) is 104 Å². The molecule has 2 fully saturated rings. The van der Waals surface area contributed by atoms with E-state index in [1.54, 1.807) is 48.4 Å². The third-order valence-electron chi connectivity index (χ3n) is 6.71. The normalized spacial score (nSPS) is 17.0. The van der Waals surface area contributed by atoms with Crippen molar-refractivity contribution in [3.63, 3.8) is 0 Å². The van der Waals surface area contributed by atoms with E-state index in [1.807, 2.05) is 43.3 Å². The van der Waals surface area contributed by atoms with Crippen molar-refractivity contribution in [2.75, 3.05) is 40.0 Å². The monoisotopic (exact) mass is 582 g/mol. The molecule has 9 nitrogen and oxygen atoms in total. The number of morpholine rings is 1. The number of ether oxygens (including phenoxy) is 3. The lowest BCUT2D eigenvalue weighted by Crippen LogP contribution is -2.40. The van der Waals surface area contributed by atoms with Crippen molar-refractivity contribution in [1.29, 1.82) is 5.26 Å². The van der Waals surface area contributed by atoms with Gasteiger partial charge in [0.2, 0.25) is 0 Å². The van der Waals surface area contributed by atoms with Crippen LogP contribution in [-0.2, 0) is 16.1 Å². The molecule has 0 unspecified atom stereocenters. The summed E-state index contributed by atoms with van der Waals surface area (Å²) in [5, 5.41) is 9.87. The number of carbonyl (C=O) groups is 2. The zero-order valence-electron chi connectivity index (χ0n) is 23.4. The van der Waals surface area contributed by atoms with Crippen LogP contribution in [0.1, 0.15) is 34.0 Å². The number of amidine groups is 1. The first kappa shape index (κ1) is 28.9. The fraction of sp³-hybridized carbons (Fsp3) is 0.250. The zero-order valence-corrected chi connectivity index (χ0v) is 24.2. The highest BCUT2D eigenvalue weighted by molar-refractivity contribution is 8.18. The second kappa shape index (κ2) is 13.4. The van der Waals surface area contributed by atoms with Gasteiger partial charge in [0.25, 0.3) is 11.8 Å². The molecule has 3 aromatic carbocycles. The first-order valence-electron chi connectivity index (χ1n) is 13.6. The predicted molar refractivity (Wildman–Crippen MR) is 162 cm³/mol. The van der Waals surface area contributed by atoms with Gasteiger partial charge in [-0.15, -0.1) is 0 Å². The Morgan fingerprint density at radius 1 is 1.07 bits per heavy atom. The smallest absolute Gasteiger partial charge is 0.266 e. The maximum absolute atomic E-state index is 13.1. The van der Waals surface area contributed by atoms with Gasteiger partial charge < -0.3 is 19.1 Å². The Labute approximate surface area is 249 Å². The van der Waals surface area contributed by atoms with Crippen molar-refractivity contribution >= 4 is 40.5 Å². The lowest BCUT2D eigenvalue weighted by atomic mass is 10.1. The SMILES string of the molecule is CCOc1cc(/C=C2/SC(=Nc3cccc(C(=O)N4CCOCC4)c3)N(C)C2=O)ccc1OCc1ccccc1C#N. The van der Waals surface area contributed by atoms with Gasteiger partial charge in [-0.1, -0.05) is 30.3 Å². The number of hydrogen-bond donors (Lipinski definition) is 0. The Morgan fingerprint density at radius 3 is 2.67 bits per heavy atom. The third kappa shape index (κ3) is 6.65. The molecule has 0 N–H and O–H groups in total. The zero-order chi connectivity index (χ0) is 29.5. The summed E-state index contributed by atoms with van der Waals surface area (Å²) in [6, 6.07) is 22.1. The summed E-state index contributed by atoms with van der Waals surface area (Å²) in [5.74, 6) is 0.852. The van der Waals surface area contributed by atoms with Crippen LogP contribution in [0, 0.1) is 11.3 Å². The number of amides is 2. The molecule has 2 heterocycles. The predicted octanol–water partition coefficient (Wildman–Crippen LogP) is 5.24. The van der Waals surface area contributed by atoms with Crippen LogP contribution in [0.5, 0.6) is 11.5 Å². The molecule has 0 aromatic heterocycles. The lowest BCUT2D eigenvalue weighted by molar-refractivity contribution is -0.121. The van der Waals surface area contributed by atoms with Gasteiger partial charge in [-0.25, -0.2) is 4.99 Å². The minimum absolute atomic E-state index is 0.0590. The Bertz CT molecular complexity index is 1590. The van der Waals surface area contributed by atoms with E-state index in [9.17, 15) is 14.9 Å². The van der Waals surface area contributed by atoms with Gasteiger partial charge in [-0.2, -0.15) is 5.26 Å². The summed E-state index contributed by atoms with van der Waals surface area (Å²) >= 11 is 1.27. The number of benzene rings is 3. The van der Waals surface area contributed by atoms with E-state index in [2.05, 4.69) is 11.1 Å². The number of nitriles is 1. The molecule has 2 saturated heterocycles. The van der Waals surface area contributed by atoms with Crippen LogP contribution < -0.4 is 9.47 Å². The number of nitrogens with zero attached hydrogens (tertiary/aromatic N) is 4. The Kier molecular flexibility index (Phi) is 9.21. The van der Waals surface area contributed by atoms with Crippen molar-refractivity contribution < 1.29 is 23.8 Å². The molecule has 2 aliphatic heterocycles. The molecule has 0 aliphatic carbocycles. The van der Waals surface area contributed by atoms with Crippen molar-refractivity contribution in [1.82, 2.24) is 9.80 Å². The summed E-state index contributed by atoms with van der Waals surface area (Å²) in [6.07, 6.45) is 1.79. The second-order valence-corrected chi connectivity index (χ2v) is 10.5. The van der Waals surface area contributed by atoms with Crippen molar-refractivity contribution in [2.24, 2.45) is 4.99 Å². The highest BCUT2D eigenvalue weighted by Gasteiger charge is 2.30. The summed E-state index contributed by atoms with van der Waals surface area (Å²) in [5.41, 5.74) is 3.26. The number of carbonyl (C=O) groups excluding carboxylic acids is 2. The van der Waals surface area contributed by atoms with E-state index >= 15 is 0 Å². The van der Waals surface area contributed by atoms with E-state index in [0.29, 0.717) is 71.3 Å². The number of rotatable bonds is 8.